The molecule has 0 bridgehead atoms. The van der Waals surface area contributed by atoms with Crippen LogP contribution < -0.4 is 15.4 Å². The Morgan fingerprint density at radius 1 is 0.328 bits per heavy atom. The second kappa shape index (κ2) is 52.1. The van der Waals surface area contributed by atoms with Crippen molar-refractivity contribution in [2.75, 3.05) is 10.6 Å². The summed E-state index contributed by atoms with van der Waals surface area (Å²) in [5, 5.41) is 16.7. The molecule has 0 aliphatic carbocycles. The lowest BCUT2D eigenvalue weighted by Gasteiger charge is -2.09. The van der Waals surface area contributed by atoms with E-state index < -0.39 is 0 Å². The maximum absolute atomic E-state index is 11.6. The first kappa shape index (κ1) is 89.8. The molecule has 2 heterocycles. The maximum Gasteiger partial charge on any atom is 0.226 e. The van der Waals surface area contributed by atoms with Crippen molar-refractivity contribution in [3.8, 4) is 72.9 Å². The minimum Gasteiger partial charge on any atom is -0.508 e. The smallest absolute Gasteiger partial charge is 0.226 e. The number of anilines is 3. The molecule has 1 amide bonds. The Morgan fingerprint density at radius 2 is 0.656 bits per heavy atom. The van der Waals surface area contributed by atoms with E-state index in [9.17, 15) is 9.90 Å². The van der Waals surface area contributed by atoms with Gasteiger partial charge >= 0.3 is 0 Å². The topological polar surface area (TPSA) is 101 Å². The van der Waals surface area contributed by atoms with Crippen LogP contribution in [-0.4, -0.2) is 21.0 Å². The number of benzene rings is 17. The molecule has 125 heavy (non-hydrogen) atoms. The zero-order valence-corrected chi connectivity index (χ0v) is 70.8. The first-order valence-corrected chi connectivity index (χ1v) is 42.1. The highest BCUT2D eigenvalue weighted by atomic mass is 32.2. The van der Waals surface area contributed by atoms with Crippen LogP contribution in [0.3, 0.4) is 0 Å². The second-order valence-electron chi connectivity index (χ2n) is 28.4. The first-order valence-electron chi connectivity index (χ1n) is 41.3. The lowest BCUT2D eigenvalue weighted by Crippen LogP contribution is -2.17. The molecule has 0 saturated carbocycles. The van der Waals surface area contributed by atoms with E-state index in [2.05, 4.69) is 220 Å². The Balaban J connectivity index is 0.000000137. The number of fused-ring (bicyclic) bond motifs is 1. The summed E-state index contributed by atoms with van der Waals surface area (Å²) in [5.74, 6) is 2.08. The Hall–Kier alpha value is -16.0. The van der Waals surface area contributed by atoms with Crippen LogP contribution in [0.1, 0.15) is 25.0 Å². The summed E-state index contributed by atoms with van der Waals surface area (Å²) in [5.41, 5.74) is 19.2. The molecule has 8 nitrogen and oxygen atoms in total. The van der Waals surface area contributed by atoms with Gasteiger partial charge in [0.05, 0.1) is 12.1 Å². The molecule has 0 aliphatic heterocycles. The number of hydrogen-bond donors (Lipinski definition) is 3. The van der Waals surface area contributed by atoms with Crippen LogP contribution in [0.25, 0.3) is 71.4 Å². The van der Waals surface area contributed by atoms with Gasteiger partial charge in [0.15, 0.2) is 5.69 Å². The molecular formula is C116H99N5O3S. The summed E-state index contributed by atoms with van der Waals surface area (Å²) >= 11 is 1.79. The molecule has 2 aromatic heterocycles. The third-order valence-electron chi connectivity index (χ3n) is 18.7. The summed E-state index contributed by atoms with van der Waals surface area (Å²) < 4.78 is 5.58. The summed E-state index contributed by atoms with van der Waals surface area (Å²) in [4.78, 5) is 25.9. The van der Waals surface area contributed by atoms with Crippen molar-refractivity contribution in [3.63, 3.8) is 0 Å². The molecule has 0 fully saturated rings. The summed E-state index contributed by atoms with van der Waals surface area (Å²) in [6, 6.07) is 170. The number of aromatic hydroxyl groups is 1. The van der Waals surface area contributed by atoms with Gasteiger partial charge in [0.25, 0.3) is 0 Å². The van der Waals surface area contributed by atoms with Gasteiger partial charge in [-0.2, -0.15) is 0 Å². The number of para-hydroxylation sites is 4. The second-order valence-corrected chi connectivity index (χ2v) is 29.5. The molecule has 0 unspecified atom stereocenters. The molecular weight excluding hydrogens is 1540 g/mol. The predicted octanol–water partition coefficient (Wildman–Crippen LogP) is 31.6. The molecule has 19 rings (SSSR count). The van der Waals surface area contributed by atoms with Crippen LogP contribution in [0.2, 0.25) is 0 Å². The van der Waals surface area contributed by atoms with E-state index in [4.69, 9.17) is 11.3 Å². The number of rotatable bonds is 15. The van der Waals surface area contributed by atoms with Gasteiger partial charge in [-0.25, -0.2) is 4.85 Å². The van der Waals surface area contributed by atoms with Gasteiger partial charge < -0.3 is 20.5 Å². The van der Waals surface area contributed by atoms with E-state index in [-0.39, 0.29) is 11.8 Å². The number of ether oxygens (including phenoxy) is 1. The number of amides is 1. The fraction of sp³-hybridized carbons (Fsp3) is 0.0345. The van der Waals surface area contributed by atoms with Gasteiger partial charge in [-0.05, 0) is 201 Å². The predicted molar refractivity (Wildman–Crippen MR) is 526 cm³/mol. The van der Waals surface area contributed by atoms with Crippen molar-refractivity contribution in [3.05, 3.63) is 551 Å². The number of carbonyl (C=O) groups is 1. The monoisotopic (exact) mass is 1640 g/mol. The molecule has 17 aromatic carbocycles. The number of phenols is 1. The summed E-state index contributed by atoms with van der Waals surface area (Å²) in [6.07, 6.45) is 6.47. The highest BCUT2D eigenvalue weighted by Gasteiger charge is 2.09. The normalized spacial score (nSPS) is 9.87. The minimum absolute atomic E-state index is 0.00891. The summed E-state index contributed by atoms with van der Waals surface area (Å²) in [6.45, 7) is 10.6. The average molecular weight is 1640 g/mol. The maximum atomic E-state index is 11.6. The van der Waals surface area contributed by atoms with Crippen LogP contribution in [0.15, 0.2) is 538 Å². The molecule has 0 aliphatic rings. The quantitative estimate of drug-likeness (QED) is 0.0879. The van der Waals surface area contributed by atoms with Crippen LogP contribution in [0.4, 0.5) is 22.7 Å². The van der Waals surface area contributed by atoms with Crippen molar-refractivity contribution < 1.29 is 14.6 Å². The summed E-state index contributed by atoms with van der Waals surface area (Å²) in [7, 11) is 0. The van der Waals surface area contributed by atoms with Crippen molar-refractivity contribution in [1.82, 2.24) is 9.97 Å². The number of pyridine rings is 2. The van der Waals surface area contributed by atoms with E-state index in [1.807, 2.05) is 336 Å². The molecule has 0 saturated heterocycles. The highest BCUT2D eigenvalue weighted by molar-refractivity contribution is 7.99. The largest absolute Gasteiger partial charge is 0.508 e. The molecule has 9 heteroatoms. The fourth-order valence-electron chi connectivity index (χ4n) is 12.3. The Labute approximate surface area is 741 Å². The standard InChI is InChI=1S/C16H17NO.C15H11N.C13H9N.C13H12.C12H11N.2C12H10O.C12H10S.C11H9N/c1-12(2)16(18)17-15-10-6-9-14(11-15)13-7-4-3-5-8-13;1-2-5-12(6-3-1)13-8-9-15-14(11-13)7-4-10-16-15;1-14-13-9-7-12(8-10-13)11-5-3-2-4-6-11;1-3-7-12(8-4-1)11-13-9-5-2-6-10-13;2*1-3-7-11(8-4-1)13-12-9-5-2-6-10-12;13-12-8-4-7-11(9-12)10-5-2-1-3-6-10;1-3-7-11(8-4-1)13-12-9-5-2-6-10-12;1-2-4-10(5-3-1)11-6-8-12-9-7-11/h3-12H,1-2H3,(H,17,18);1-11H;2-10H;1-10H,11H2;1-10,13H;1-10H;1-9,13H;1-10H;1-9H. The van der Waals surface area contributed by atoms with E-state index in [1.54, 1.807) is 23.9 Å². The van der Waals surface area contributed by atoms with E-state index in [0.29, 0.717) is 11.4 Å². The van der Waals surface area contributed by atoms with Gasteiger partial charge in [0.1, 0.15) is 17.2 Å². The third-order valence-corrected chi connectivity index (χ3v) is 19.7. The minimum atomic E-state index is -0.00891. The molecule has 19 aromatic rings. The zero-order chi connectivity index (χ0) is 86.6. The van der Waals surface area contributed by atoms with Crippen LogP contribution in [0, 0.1) is 12.5 Å². The molecule has 3 N–H and O–H groups in total. The number of hydrogen-bond acceptors (Lipinski definition) is 7. The van der Waals surface area contributed by atoms with Crippen LogP contribution in [-0.2, 0) is 11.2 Å². The number of aromatic nitrogens is 2. The SMILES string of the molecule is CC(C)C(=O)Nc1cccc(-c2ccccc2)c1.Oc1cccc(-c2ccccc2)c1.[C-]#[N+]c1ccc(-c2ccccc2)cc1.c1ccc(-c2ccc3ncccc3c2)cc1.c1ccc(-c2ccncc2)cc1.c1ccc(Cc2ccccc2)cc1.c1ccc(Nc2ccccc2)cc1.c1ccc(Oc2ccccc2)cc1.c1ccc(Sc2ccccc2)cc1. The Morgan fingerprint density at radius 3 is 1.06 bits per heavy atom. The zero-order valence-electron chi connectivity index (χ0n) is 70.0. The third kappa shape index (κ3) is 32.9. The number of carbonyl (C=O) groups excluding carboxylic acids is 1. The Kier molecular flexibility index (Phi) is 37.5. The highest BCUT2D eigenvalue weighted by Crippen LogP contribution is 2.30. The number of nitrogens with one attached hydrogen (secondary N) is 2. The molecule has 0 atom stereocenters. The van der Waals surface area contributed by atoms with E-state index >= 15 is 0 Å². The van der Waals surface area contributed by atoms with E-state index in [1.165, 1.54) is 54.1 Å². The average Bonchev–Trinajstić information content (AvgIpc) is 0.818. The van der Waals surface area contributed by atoms with Gasteiger partial charge in [0, 0.05) is 56.7 Å². The lowest BCUT2D eigenvalue weighted by molar-refractivity contribution is -0.118. The molecule has 0 radical (unpaired) electrons. The molecule has 0 spiro atoms. The van der Waals surface area contributed by atoms with Crippen LogP contribution >= 0.6 is 11.8 Å². The van der Waals surface area contributed by atoms with Gasteiger partial charge in [-0.15, -0.1) is 0 Å². The van der Waals surface area contributed by atoms with Crippen LogP contribution in [0.5, 0.6) is 17.2 Å². The van der Waals surface area contributed by atoms with Crippen molar-refractivity contribution in [1.29, 1.82) is 0 Å². The molecule has 612 valence electrons. The van der Waals surface area contributed by atoms with Crippen molar-refractivity contribution >= 4 is 51.3 Å². The van der Waals surface area contributed by atoms with Gasteiger partial charge in [0.2, 0.25) is 5.91 Å². The van der Waals surface area contributed by atoms with E-state index in [0.717, 1.165) is 68.3 Å². The van der Waals surface area contributed by atoms with Crippen molar-refractivity contribution in [2.24, 2.45) is 5.92 Å². The first-order chi connectivity index (χ1) is 61.6. The van der Waals surface area contributed by atoms with Gasteiger partial charge in [-0.1, -0.05) is 408 Å². The Bertz CT molecular complexity index is 5690. The van der Waals surface area contributed by atoms with Crippen molar-refractivity contribution in [2.45, 2.75) is 30.1 Å². The van der Waals surface area contributed by atoms with Gasteiger partial charge in [-0.3, -0.25) is 14.8 Å². The lowest BCUT2D eigenvalue weighted by atomic mass is 10.0. The fourth-order valence-corrected chi connectivity index (χ4v) is 13.2. The number of nitrogens with zero attached hydrogens (tertiary/aromatic N) is 3. The number of phenolic OH excluding ortho intramolecular Hbond substituents is 1.